The minimum absolute atomic E-state index is 0.0797. The number of hydrogen-bond donors (Lipinski definition) is 0. The quantitative estimate of drug-likeness (QED) is 0.295. The number of halogens is 2. The Morgan fingerprint density at radius 1 is 1.19 bits per heavy atom. The first-order valence-corrected chi connectivity index (χ1v) is 13.0. The number of carbonyl (C=O) groups excluding carboxylic acids is 1. The first-order chi connectivity index (χ1) is 17.1. The molecule has 0 amide bonds. The number of rotatable bonds is 6. The summed E-state index contributed by atoms with van der Waals surface area (Å²) in [5, 5.41) is 0.277. The van der Waals surface area contributed by atoms with Crippen LogP contribution in [0.5, 0.6) is 5.75 Å². The molecule has 0 N–H and O–H groups in total. The lowest BCUT2D eigenvalue weighted by atomic mass is 10.0. The van der Waals surface area contributed by atoms with E-state index in [9.17, 15) is 17.6 Å². The molecule has 0 saturated carbocycles. The van der Waals surface area contributed by atoms with E-state index < -0.39 is 27.9 Å². The van der Waals surface area contributed by atoms with E-state index in [2.05, 4.69) is 0 Å². The van der Waals surface area contributed by atoms with E-state index in [1.54, 1.807) is 49.4 Å². The Hall–Kier alpha value is -3.36. The Morgan fingerprint density at radius 3 is 2.64 bits per heavy atom. The summed E-state index contributed by atoms with van der Waals surface area (Å²) >= 11 is 6.21. The van der Waals surface area contributed by atoms with Gasteiger partial charge in [-0.15, -0.1) is 0 Å². The van der Waals surface area contributed by atoms with Gasteiger partial charge in [0.25, 0.3) is 10.0 Å². The van der Waals surface area contributed by atoms with Crippen molar-refractivity contribution >= 4 is 44.9 Å². The lowest BCUT2D eigenvalue weighted by molar-refractivity contribution is -0.142. The van der Waals surface area contributed by atoms with Gasteiger partial charge >= 0.3 is 5.97 Å². The van der Waals surface area contributed by atoms with Crippen LogP contribution in [0, 0.1) is 12.7 Å². The van der Waals surface area contributed by atoms with Gasteiger partial charge in [0.1, 0.15) is 17.7 Å². The number of ether oxygens (including phenoxy) is 2. The summed E-state index contributed by atoms with van der Waals surface area (Å²) in [6, 6.07) is 16.1. The lowest BCUT2D eigenvalue weighted by Gasteiger charge is -2.35. The van der Waals surface area contributed by atoms with Crippen molar-refractivity contribution in [3.8, 4) is 5.75 Å². The summed E-state index contributed by atoms with van der Waals surface area (Å²) in [5.41, 5.74) is 2.59. The van der Waals surface area contributed by atoms with Crippen molar-refractivity contribution in [2.45, 2.75) is 31.3 Å². The molecule has 188 valence electrons. The molecule has 4 rings (SSSR count). The number of allylic oxidation sites excluding steroid dienone is 1. The number of carbonyl (C=O) groups is 1. The topological polar surface area (TPSA) is 72.9 Å². The average Bonchev–Trinajstić information content (AvgIpc) is 2.83. The van der Waals surface area contributed by atoms with Crippen molar-refractivity contribution in [3.63, 3.8) is 0 Å². The zero-order valence-corrected chi connectivity index (χ0v) is 21.6. The van der Waals surface area contributed by atoms with Gasteiger partial charge in [-0.2, -0.15) is 0 Å². The summed E-state index contributed by atoms with van der Waals surface area (Å²) in [7, 11) is -2.72. The van der Waals surface area contributed by atoms with E-state index >= 15 is 0 Å². The summed E-state index contributed by atoms with van der Waals surface area (Å²) < 4.78 is 53.8. The lowest BCUT2D eigenvalue weighted by Crippen LogP contribution is -2.44. The minimum atomic E-state index is -3.98. The fraction of sp³-hybridized carbons (Fsp3) is 0.222. The van der Waals surface area contributed by atoms with Gasteiger partial charge in [-0.1, -0.05) is 41.9 Å². The molecule has 0 unspecified atom stereocenters. The number of hydrogen-bond acceptors (Lipinski definition) is 5. The third kappa shape index (κ3) is 5.24. The highest BCUT2D eigenvalue weighted by Gasteiger charge is 2.35. The molecule has 1 aliphatic rings. The maximum atomic E-state index is 14.4. The van der Waals surface area contributed by atoms with Gasteiger partial charge < -0.3 is 9.47 Å². The Morgan fingerprint density at radius 2 is 1.94 bits per heavy atom. The monoisotopic (exact) mass is 529 g/mol. The number of nitrogens with zero attached hydrogens (tertiary/aromatic N) is 1. The van der Waals surface area contributed by atoms with E-state index in [-0.39, 0.29) is 28.4 Å². The number of anilines is 1. The second-order valence-corrected chi connectivity index (χ2v) is 10.8. The molecular weight excluding hydrogens is 505 g/mol. The molecule has 0 fully saturated rings. The van der Waals surface area contributed by atoms with Gasteiger partial charge in [0.05, 0.1) is 35.7 Å². The van der Waals surface area contributed by atoms with Gasteiger partial charge in [0.15, 0.2) is 0 Å². The Balaban J connectivity index is 1.80. The van der Waals surface area contributed by atoms with Crippen LogP contribution < -0.4 is 9.04 Å². The van der Waals surface area contributed by atoms with E-state index in [1.165, 1.54) is 29.6 Å². The molecule has 0 saturated heterocycles. The molecule has 0 aromatic heterocycles. The molecular formula is C27H25ClFNO5S. The SMILES string of the molecule is COC(=O)C[C@H]1CN(S(=O)(=O)c2cccc(C)c2)c2cc(/C=C(\C)c3c(F)cccc3Cl)ccc2O1. The number of fused-ring (bicyclic) bond motifs is 1. The van der Waals surface area contributed by atoms with Crippen LogP contribution in [0.15, 0.2) is 65.6 Å². The van der Waals surface area contributed by atoms with E-state index in [0.29, 0.717) is 22.6 Å². The van der Waals surface area contributed by atoms with Crippen molar-refractivity contribution in [2.75, 3.05) is 18.0 Å². The smallest absolute Gasteiger partial charge is 0.309 e. The van der Waals surface area contributed by atoms with Crippen molar-refractivity contribution in [3.05, 3.63) is 88.2 Å². The second-order valence-electron chi connectivity index (χ2n) is 8.52. The van der Waals surface area contributed by atoms with Crippen LogP contribution in [0.25, 0.3) is 11.6 Å². The Bertz CT molecular complexity index is 1430. The second kappa shape index (κ2) is 10.3. The number of sulfonamides is 1. The maximum Gasteiger partial charge on any atom is 0.309 e. The largest absolute Gasteiger partial charge is 0.486 e. The van der Waals surface area contributed by atoms with Crippen LogP contribution >= 0.6 is 11.6 Å². The summed E-state index contributed by atoms with van der Waals surface area (Å²) in [5.74, 6) is -0.648. The average molecular weight is 530 g/mol. The predicted octanol–water partition coefficient (Wildman–Crippen LogP) is 5.87. The molecule has 1 heterocycles. The summed E-state index contributed by atoms with van der Waals surface area (Å²) in [6.45, 7) is 3.46. The van der Waals surface area contributed by atoms with Crippen LogP contribution in [0.3, 0.4) is 0 Å². The normalized spacial score (nSPS) is 15.8. The van der Waals surface area contributed by atoms with Gasteiger partial charge in [-0.05, 0) is 66.9 Å². The van der Waals surface area contributed by atoms with Gasteiger partial charge in [-0.25, -0.2) is 12.8 Å². The molecule has 0 aliphatic carbocycles. The van der Waals surface area contributed by atoms with Crippen LogP contribution in [0.1, 0.15) is 30.0 Å². The fourth-order valence-electron chi connectivity index (χ4n) is 4.12. The molecule has 6 nitrogen and oxygen atoms in total. The van der Waals surface area contributed by atoms with Gasteiger partial charge in [-0.3, -0.25) is 9.10 Å². The zero-order valence-electron chi connectivity index (χ0n) is 20.0. The molecule has 3 aromatic rings. The molecule has 1 atom stereocenters. The number of aryl methyl sites for hydroxylation is 1. The van der Waals surface area contributed by atoms with E-state index in [1.807, 2.05) is 13.0 Å². The number of methoxy groups -OCH3 is 1. The standard InChI is InChI=1S/C27H25ClFNO5S/c1-17-6-4-7-21(12-17)36(32,33)30-16-20(15-26(31)34-3)35-25-11-10-19(14-24(25)30)13-18(2)27-22(28)8-5-9-23(27)29/h4-14,20H,15-16H2,1-3H3/b18-13+/t20-/m0/s1. The molecule has 9 heteroatoms. The highest BCUT2D eigenvalue weighted by atomic mass is 35.5. The van der Waals surface area contributed by atoms with Crippen molar-refractivity contribution in [2.24, 2.45) is 0 Å². The minimum Gasteiger partial charge on any atom is -0.486 e. The van der Waals surface area contributed by atoms with Gasteiger partial charge in [0.2, 0.25) is 0 Å². The van der Waals surface area contributed by atoms with Crippen molar-refractivity contribution in [1.29, 1.82) is 0 Å². The molecule has 0 spiro atoms. The third-order valence-electron chi connectivity index (χ3n) is 5.85. The van der Waals surface area contributed by atoms with Gasteiger partial charge in [0, 0.05) is 5.56 Å². The number of benzene rings is 3. The van der Waals surface area contributed by atoms with E-state index in [0.717, 1.165) is 5.56 Å². The number of esters is 1. The van der Waals surface area contributed by atoms with Crippen molar-refractivity contribution < 1.29 is 27.1 Å². The van der Waals surface area contributed by atoms with Crippen molar-refractivity contribution in [1.82, 2.24) is 0 Å². The van der Waals surface area contributed by atoms with Crippen LogP contribution in [-0.4, -0.2) is 34.1 Å². The van der Waals surface area contributed by atoms with Crippen LogP contribution in [-0.2, 0) is 19.6 Å². The maximum absolute atomic E-state index is 14.4. The first kappa shape index (κ1) is 25.7. The van der Waals surface area contributed by atoms with Crippen LogP contribution in [0.4, 0.5) is 10.1 Å². The first-order valence-electron chi connectivity index (χ1n) is 11.2. The highest BCUT2D eigenvalue weighted by Crippen LogP contribution is 2.39. The molecule has 1 aliphatic heterocycles. The predicted molar refractivity (Wildman–Crippen MR) is 138 cm³/mol. The Labute approximate surface area is 215 Å². The molecule has 36 heavy (non-hydrogen) atoms. The molecule has 3 aromatic carbocycles. The molecule has 0 bridgehead atoms. The molecule has 0 radical (unpaired) electrons. The fourth-order valence-corrected chi connectivity index (χ4v) is 6.04. The summed E-state index contributed by atoms with van der Waals surface area (Å²) in [6.07, 6.45) is 0.884. The van der Waals surface area contributed by atoms with Crippen LogP contribution in [0.2, 0.25) is 5.02 Å². The highest BCUT2D eigenvalue weighted by molar-refractivity contribution is 7.92. The zero-order chi connectivity index (χ0) is 26.0. The van der Waals surface area contributed by atoms with E-state index in [4.69, 9.17) is 21.1 Å². The summed E-state index contributed by atoms with van der Waals surface area (Å²) in [4.78, 5) is 12.0. The Kier molecular flexibility index (Phi) is 7.38. The third-order valence-corrected chi connectivity index (χ3v) is 7.95.